The van der Waals surface area contributed by atoms with E-state index in [0.717, 1.165) is 0 Å². The van der Waals surface area contributed by atoms with Gasteiger partial charge in [-0.15, -0.1) is 0 Å². The maximum atomic E-state index is 13.3. The van der Waals surface area contributed by atoms with E-state index >= 15 is 0 Å². The van der Waals surface area contributed by atoms with Gasteiger partial charge in [-0.05, 0) is 48.4 Å². The highest BCUT2D eigenvalue weighted by Crippen LogP contribution is 2.25. The van der Waals surface area contributed by atoms with Crippen molar-refractivity contribution < 1.29 is 17.5 Å². The summed E-state index contributed by atoms with van der Waals surface area (Å²) in [7, 11) is 1.52. The van der Waals surface area contributed by atoms with Crippen molar-refractivity contribution in [2.24, 2.45) is 0 Å². The Morgan fingerprint density at radius 1 is 1.19 bits per heavy atom. The molecule has 2 aromatic carbocycles. The standard InChI is InChI=1S/C14H11Cl2FO3S/c1-9-6-11(3-5-14(9)21(16,18)19)20-8-10-2-4-12(15)13(17)7-10/h2-7H,8H2,1H3. The highest BCUT2D eigenvalue weighted by Gasteiger charge is 2.13. The first-order valence-corrected chi connectivity index (χ1v) is 8.58. The molecule has 0 bridgehead atoms. The van der Waals surface area contributed by atoms with Crippen LogP contribution in [0.15, 0.2) is 41.3 Å². The third kappa shape index (κ3) is 4.09. The molecule has 21 heavy (non-hydrogen) atoms. The summed E-state index contributed by atoms with van der Waals surface area (Å²) in [4.78, 5) is 0.0362. The van der Waals surface area contributed by atoms with Crippen LogP contribution in [0.5, 0.6) is 5.75 Å². The first-order valence-electron chi connectivity index (χ1n) is 5.89. The predicted octanol–water partition coefficient (Wildman–Crippen LogP) is 4.29. The second-order valence-electron chi connectivity index (χ2n) is 4.40. The van der Waals surface area contributed by atoms with Gasteiger partial charge in [0.15, 0.2) is 0 Å². The molecular formula is C14H11Cl2FO3S. The Bertz CT molecular complexity index is 776. The van der Waals surface area contributed by atoms with Crippen LogP contribution in [0.2, 0.25) is 5.02 Å². The Balaban J connectivity index is 2.14. The summed E-state index contributed by atoms with van der Waals surface area (Å²) in [5.41, 5.74) is 1.09. The average Bonchev–Trinajstić information content (AvgIpc) is 2.39. The summed E-state index contributed by atoms with van der Waals surface area (Å²) < 4.78 is 41.3. The molecule has 2 rings (SSSR count). The van der Waals surface area contributed by atoms with Crippen molar-refractivity contribution in [3.8, 4) is 5.75 Å². The molecule has 0 aromatic heterocycles. The molecule has 0 aliphatic rings. The van der Waals surface area contributed by atoms with Crippen molar-refractivity contribution in [2.75, 3.05) is 0 Å². The van der Waals surface area contributed by atoms with E-state index in [4.69, 9.17) is 27.0 Å². The van der Waals surface area contributed by atoms with Crippen LogP contribution in [0, 0.1) is 12.7 Å². The Labute approximate surface area is 131 Å². The molecule has 112 valence electrons. The minimum absolute atomic E-state index is 0.0362. The molecule has 0 amide bonds. The van der Waals surface area contributed by atoms with Crippen molar-refractivity contribution in [2.45, 2.75) is 18.4 Å². The molecule has 2 aromatic rings. The van der Waals surface area contributed by atoms with E-state index in [1.54, 1.807) is 19.1 Å². The lowest BCUT2D eigenvalue weighted by Crippen LogP contribution is -1.99. The van der Waals surface area contributed by atoms with Crippen LogP contribution >= 0.6 is 22.3 Å². The minimum Gasteiger partial charge on any atom is -0.489 e. The molecule has 0 saturated carbocycles. The largest absolute Gasteiger partial charge is 0.489 e. The maximum Gasteiger partial charge on any atom is 0.261 e. The van der Waals surface area contributed by atoms with Crippen molar-refractivity contribution >= 4 is 31.3 Å². The number of halogens is 3. The molecule has 0 heterocycles. The normalized spacial score (nSPS) is 11.4. The molecule has 3 nitrogen and oxygen atoms in total. The van der Waals surface area contributed by atoms with E-state index in [1.807, 2.05) is 0 Å². The SMILES string of the molecule is Cc1cc(OCc2ccc(Cl)c(F)c2)ccc1S(=O)(=O)Cl. The fraction of sp³-hybridized carbons (Fsp3) is 0.143. The van der Waals surface area contributed by atoms with E-state index in [1.165, 1.54) is 24.3 Å². The molecule has 0 atom stereocenters. The fourth-order valence-electron chi connectivity index (χ4n) is 1.78. The first-order chi connectivity index (χ1) is 9.77. The Kier molecular flexibility index (Phi) is 4.76. The van der Waals surface area contributed by atoms with Gasteiger partial charge in [0.25, 0.3) is 9.05 Å². The Morgan fingerprint density at radius 3 is 2.48 bits per heavy atom. The quantitative estimate of drug-likeness (QED) is 0.774. The lowest BCUT2D eigenvalue weighted by Gasteiger charge is -2.09. The van der Waals surface area contributed by atoms with E-state index in [-0.39, 0.29) is 16.5 Å². The van der Waals surface area contributed by atoms with Gasteiger partial charge in [-0.3, -0.25) is 0 Å². The number of hydrogen-bond acceptors (Lipinski definition) is 3. The van der Waals surface area contributed by atoms with Crippen LogP contribution in [0.25, 0.3) is 0 Å². The lowest BCUT2D eigenvalue weighted by molar-refractivity contribution is 0.305. The molecule has 0 radical (unpaired) electrons. The fourth-order valence-corrected chi connectivity index (χ4v) is 3.09. The number of benzene rings is 2. The summed E-state index contributed by atoms with van der Waals surface area (Å²) in [5, 5.41) is 0.0475. The first kappa shape index (κ1) is 16.1. The molecule has 0 fully saturated rings. The number of ether oxygens (including phenoxy) is 1. The highest BCUT2D eigenvalue weighted by atomic mass is 35.7. The van der Waals surface area contributed by atoms with Gasteiger partial charge < -0.3 is 4.74 Å². The summed E-state index contributed by atoms with van der Waals surface area (Å²) in [6.07, 6.45) is 0. The number of aryl methyl sites for hydroxylation is 1. The van der Waals surface area contributed by atoms with Crippen LogP contribution in [0.4, 0.5) is 4.39 Å². The maximum absolute atomic E-state index is 13.3. The van der Waals surface area contributed by atoms with Crippen LogP contribution in [-0.2, 0) is 15.7 Å². The van der Waals surface area contributed by atoms with E-state index in [9.17, 15) is 12.8 Å². The Hall–Kier alpha value is -1.30. The molecule has 0 saturated heterocycles. The molecule has 0 spiro atoms. The molecule has 0 N–H and O–H groups in total. The molecular weight excluding hydrogens is 338 g/mol. The van der Waals surface area contributed by atoms with Crippen LogP contribution in [-0.4, -0.2) is 8.42 Å². The highest BCUT2D eigenvalue weighted by molar-refractivity contribution is 8.13. The smallest absolute Gasteiger partial charge is 0.261 e. The van der Waals surface area contributed by atoms with Gasteiger partial charge in [-0.1, -0.05) is 17.7 Å². The van der Waals surface area contributed by atoms with Gasteiger partial charge in [0.05, 0.1) is 9.92 Å². The van der Waals surface area contributed by atoms with Crippen LogP contribution in [0.1, 0.15) is 11.1 Å². The second kappa shape index (κ2) is 6.22. The zero-order chi connectivity index (χ0) is 15.6. The van der Waals surface area contributed by atoms with Gasteiger partial charge in [-0.25, -0.2) is 12.8 Å². The van der Waals surface area contributed by atoms with Gasteiger partial charge in [0.2, 0.25) is 0 Å². The van der Waals surface area contributed by atoms with Crippen LogP contribution in [0.3, 0.4) is 0 Å². The van der Waals surface area contributed by atoms with Crippen molar-refractivity contribution in [3.05, 3.63) is 58.4 Å². The third-order valence-electron chi connectivity index (χ3n) is 2.80. The van der Waals surface area contributed by atoms with Gasteiger partial charge in [0, 0.05) is 10.7 Å². The van der Waals surface area contributed by atoms with Gasteiger partial charge >= 0.3 is 0 Å². The van der Waals surface area contributed by atoms with Crippen molar-refractivity contribution in [1.29, 1.82) is 0 Å². The predicted molar refractivity (Wildman–Crippen MR) is 80.0 cm³/mol. The average molecular weight is 349 g/mol. The summed E-state index contributed by atoms with van der Waals surface area (Å²) in [5.74, 6) is -0.0514. The van der Waals surface area contributed by atoms with Crippen molar-refractivity contribution in [1.82, 2.24) is 0 Å². The topological polar surface area (TPSA) is 43.4 Å². The van der Waals surface area contributed by atoms with Crippen molar-refractivity contribution in [3.63, 3.8) is 0 Å². The molecule has 7 heteroatoms. The summed E-state index contributed by atoms with van der Waals surface area (Å²) in [6, 6.07) is 8.80. The Morgan fingerprint density at radius 2 is 1.90 bits per heavy atom. The minimum atomic E-state index is -3.78. The summed E-state index contributed by atoms with van der Waals surface area (Å²) in [6.45, 7) is 1.75. The number of rotatable bonds is 4. The summed E-state index contributed by atoms with van der Waals surface area (Å²) >= 11 is 5.59. The van der Waals surface area contributed by atoms with E-state index < -0.39 is 14.9 Å². The van der Waals surface area contributed by atoms with Gasteiger partial charge in [0.1, 0.15) is 18.2 Å². The number of hydrogen-bond donors (Lipinski definition) is 0. The molecule has 0 aliphatic carbocycles. The van der Waals surface area contributed by atoms with E-state index in [0.29, 0.717) is 16.9 Å². The zero-order valence-electron chi connectivity index (χ0n) is 10.9. The van der Waals surface area contributed by atoms with Crippen LogP contribution < -0.4 is 4.74 Å². The zero-order valence-corrected chi connectivity index (χ0v) is 13.3. The van der Waals surface area contributed by atoms with Gasteiger partial charge in [-0.2, -0.15) is 0 Å². The molecule has 0 unspecified atom stereocenters. The molecule has 0 aliphatic heterocycles. The monoisotopic (exact) mass is 348 g/mol. The lowest BCUT2D eigenvalue weighted by atomic mass is 10.2. The van der Waals surface area contributed by atoms with E-state index in [2.05, 4.69) is 0 Å². The second-order valence-corrected chi connectivity index (χ2v) is 7.34. The third-order valence-corrected chi connectivity index (χ3v) is 4.59.